The summed E-state index contributed by atoms with van der Waals surface area (Å²) in [5.74, 6) is -0.733. The van der Waals surface area contributed by atoms with E-state index in [9.17, 15) is 4.79 Å². The minimum Gasteiger partial charge on any atom is -0.481 e. The number of carboxylic acid groups (broad SMARTS) is 1. The first kappa shape index (κ1) is 13.7. The van der Waals surface area contributed by atoms with E-state index in [1.54, 1.807) is 11.8 Å². The zero-order valence-electron chi connectivity index (χ0n) is 10.6. The molecule has 1 aromatic rings. The Bertz CT molecular complexity index is 492. The van der Waals surface area contributed by atoms with E-state index in [2.05, 4.69) is 46.8 Å². The third kappa shape index (κ3) is 2.52. The maximum Gasteiger partial charge on any atom is 0.304 e. The molecular formula is C13H16BrNO2S. The summed E-state index contributed by atoms with van der Waals surface area (Å²) in [4.78, 5) is 14.3. The lowest BCUT2D eigenvalue weighted by Gasteiger charge is -2.39. The van der Waals surface area contributed by atoms with Gasteiger partial charge in [-0.15, -0.1) is 11.8 Å². The normalized spacial score (nSPS) is 22.8. The molecule has 0 aliphatic carbocycles. The van der Waals surface area contributed by atoms with Gasteiger partial charge in [0.2, 0.25) is 0 Å². The maximum atomic E-state index is 10.9. The lowest BCUT2D eigenvalue weighted by Crippen LogP contribution is -2.41. The largest absolute Gasteiger partial charge is 0.481 e. The van der Waals surface area contributed by atoms with Crippen LogP contribution >= 0.6 is 27.7 Å². The predicted molar refractivity (Wildman–Crippen MR) is 78.6 cm³/mol. The zero-order chi connectivity index (χ0) is 13.4. The van der Waals surface area contributed by atoms with Crippen molar-refractivity contribution < 1.29 is 9.90 Å². The Balaban J connectivity index is 2.40. The number of nitrogens with zero attached hydrogens (tertiary/aromatic N) is 1. The van der Waals surface area contributed by atoms with Gasteiger partial charge in [0.05, 0.1) is 12.1 Å². The molecule has 5 heteroatoms. The van der Waals surface area contributed by atoms with Crippen molar-refractivity contribution in [3.63, 3.8) is 0 Å². The van der Waals surface area contributed by atoms with Crippen LogP contribution in [0, 0.1) is 6.92 Å². The highest BCUT2D eigenvalue weighted by atomic mass is 79.9. The van der Waals surface area contributed by atoms with Crippen LogP contribution in [-0.2, 0) is 4.79 Å². The molecule has 0 radical (unpaired) electrons. The average molecular weight is 330 g/mol. The second kappa shape index (κ2) is 5.13. The first-order valence-corrected chi connectivity index (χ1v) is 7.49. The Morgan fingerprint density at radius 2 is 2.22 bits per heavy atom. The molecule has 0 amide bonds. The first-order valence-electron chi connectivity index (χ1n) is 5.81. The van der Waals surface area contributed by atoms with Crippen LogP contribution in [0.25, 0.3) is 0 Å². The molecule has 3 nitrogen and oxygen atoms in total. The lowest BCUT2D eigenvalue weighted by atomic mass is 10.1. The van der Waals surface area contributed by atoms with Gasteiger partial charge in [-0.05, 0) is 47.5 Å². The van der Waals surface area contributed by atoms with Crippen molar-refractivity contribution in [2.24, 2.45) is 0 Å². The molecule has 0 fully saturated rings. The van der Waals surface area contributed by atoms with E-state index in [-0.39, 0.29) is 17.7 Å². The van der Waals surface area contributed by atoms with Crippen LogP contribution in [0.5, 0.6) is 0 Å². The quantitative estimate of drug-likeness (QED) is 0.901. The van der Waals surface area contributed by atoms with Crippen LogP contribution in [0.4, 0.5) is 5.69 Å². The third-order valence-corrected chi connectivity index (χ3v) is 5.36. The molecule has 0 spiro atoms. The fraction of sp³-hybridized carbons (Fsp3) is 0.462. The number of carbonyl (C=O) groups is 1. The number of carboxylic acids is 1. The highest BCUT2D eigenvalue weighted by molar-refractivity contribution is 9.10. The van der Waals surface area contributed by atoms with Gasteiger partial charge in [0, 0.05) is 27.7 Å². The first-order chi connectivity index (χ1) is 8.40. The summed E-state index contributed by atoms with van der Waals surface area (Å²) in [6.07, 6.45) is 0.196. The van der Waals surface area contributed by atoms with Crippen LogP contribution in [-0.4, -0.2) is 29.4 Å². The number of anilines is 1. The van der Waals surface area contributed by atoms with Gasteiger partial charge in [-0.1, -0.05) is 0 Å². The Hall–Kier alpha value is -0.680. The van der Waals surface area contributed by atoms with Crippen LogP contribution in [0.2, 0.25) is 0 Å². The summed E-state index contributed by atoms with van der Waals surface area (Å²) in [5, 5.41) is 9.08. The fourth-order valence-corrected chi connectivity index (χ4v) is 4.77. The topological polar surface area (TPSA) is 40.5 Å². The molecule has 0 bridgehead atoms. The summed E-state index contributed by atoms with van der Waals surface area (Å²) >= 11 is 5.27. The minimum absolute atomic E-state index is 0.0914. The molecule has 2 atom stereocenters. The lowest BCUT2D eigenvalue weighted by molar-refractivity contribution is -0.137. The smallest absolute Gasteiger partial charge is 0.304 e. The van der Waals surface area contributed by atoms with Gasteiger partial charge in [0.1, 0.15) is 0 Å². The number of aliphatic carboxylic acids is 1. The summed E-state index contributed by atoms with van der Waals surface area (Å²) in [7, 11) is 2.03. The van der Waals surface area contributed by atoms with Crippen molar-refractivity contribution in [3.05, 3.63) is 22.2 Å². The molecule has 98 valence electrons. The zero-order valence-corrected chi connectivity index (χ0v) is 13.0. The van der Waals surface area contributed by atoms with E-state index in [0.29, 0.717) is 0 Å². The van der Waals surface area contributed by atoms with Crippen molar-refractivity contribution >= 4 is 39.3 Å². The molecule has 0 aromatic heterocycles. The van der Waals surface area contributed by atoms with Crippen molar-refractivity contribution in [3.8, 4) is 0 Å². The summed E-state index contributed by atoms with van der Waals surface area (Å²) < 4.78 is 1.08. The van der Waals surface area contributed by atoms with Crippen LogP contribution in [0.1, 0.15) is 18.9 Å². The van der Waals surface area contributed by atoms with Gasteiger partial charge >= 0.3 is 5.97 Å². The van der Waals surface area contributed by atoms with Crippen LogP contribution in [0.15, 0.2) is 21.5 Å². The monoisotopic (exact) mass is 329 g/mol. The summed E-state index contributed by atoms with van der Waals surface area (Å²) in [6, 6.07) is 4.43. The molecular weight excluding hydrogens is 314 g/mol. The average Bonchev–Trinajstić information content (AvgIpc) is 2.23. The number of fused-ring (bicyclic) bond motifs is 1. The molecule has 2 rings (SSSR count). The van der Waals surface area contributed by atoms with Crippen LogP contribution in [0.3, 0.4) is 0 Å². The van der Waals surface area contributed by atoms with Crippen molar-refractivity contribution in [1.82, 2.24) is 0 Å². The van der Waals surface area contributed by atoms with Gasteiger partial charge in [-0.3, -0.25) is 4.79 Å². The molecule has 2 unspecified atom stereocenters. The molecule has 1 N–H and O–H groups in total. The fourth-order valence-electron chi connectivity index (χ4n) is 2.23. The van der Waals surface area contributed by atoms with E-state index in [4.69, 9.17) is 5.11 Å². The number of hydrogen-bond donors (Lipinski definition) is 1. The van der Waals surface area contributed by atoms with E-state index in [1.807, 2.05) is 7.05 Å². The highest BCUT2D eigenvalue weighted by Gasteiger charge is 2.32. The molecule has 0 saturated heterocycles. The SMILES string of the molecule is Cc1cc(Br)c2c(c1)SC(CC(=O)O)C(C)N2C. The number of aryl methyl sites for hydroxylation is 1. The Kier molecular flexibility index (Phi) is 3.92. The van der Waals surface area contributed by atoms with E-state index < -0.39 is 5.97 Å². The van der Waals surface area contributed by atoms with Crippen molar-refractivity contribution in [1.29, 1.82) is 0 Å². The van der Waals surface area contributed by atoms with Gasteiger partial charge in [-0.25, -0.2) is 0 Å². The summed E-state index contributed by atoms with van der Waals surface area (Å²) in [6.45, 7) is 4.13. The Labute approximate surface area is 120 Å². The second-order valence-corrected chi connectivity index (χ2v) is 6.83. The number of halogens is 1. The highest BCUT2D eigenvalue weighted by Crippen LogP contribution is 2.46. The van der Waals surface area contributed by atoms with Gasteiger partial charge < -0.3 is 10.0 Å². The number of thioether (sulfide) groups is 1. The van der Waals surface area contributed by atoms with Gasteiger partial charge in [0.15, 0.2) is 0 Å². The molecule has 0 saturated carbocycles. The standard InChI is InChI=1S/C13H16BrNO2S/c1-7-4-9(14)13-11(5-7)18-10(6-12(16)17)8(2)15(13)3/h4-5,8,10H,6H2,1-3H3,(H,16,17). The van der Waals surface area contributed by atoms with E-state index >= 15 is 0 Å². The number of benzene rings is 1. The second-order valence-electron chi connectivity index (χ2n) is 4.70. The molecule has 1 aromatic carbocycles. The minimum atomic E-state index is -0.733. The van der Waals surface area contributed by atoms with Crippen molar-refractivity contribution in [2.45, 2.75) is 36.5 Å². The molecule has 18 heavy (non-hydrogen) atoms. The van der Waals surface area contributed by atoms with E-state index in [0.717, 1.165) is 9.37 Å². The number of hydrogen-bond acceptors (Lipinski definition) is 3. The molecule has 1 heterocycles. The Morgan fingerprint density at radius 1 is 1.56 bits per heavy atom. The van der Waals surface area contributed by atoms with Crippen LogP contribution < -0.4 is 4.90 Å². The van der Waals surface area contributed by atoms with Gasteiger partial charge in [-0.2, -0.15) is 0 Å². The third-order valence-electron chi connectivity index (χ3n) is 3.33. The predicted octanol–water partition coefficient (Wildman–Crippen LogP) is 3.53. The molecule has 1 aliphatic heterocycles. The van der Waals surface area contributed by atoms with Crippen molar-refractivity contribution in [2.75, 3.05) is 11.9 Å². The summed E-state index contributed by atoms with van der Waals surface area (Å²) in [5.41, 5.74) is 2.35. The van der Waals surface area contributed by atoms with Gasteiger partial charge in [0.25, 0.3) is 0 Å². The molecule has 1 aliphatic rings. The van der Waals surface area contributed by atoms with E-state index in [1.165, 1.54) is 11.3 Å². The Morgan fingerprint density at radius 3 is 2.83 bits per heavy atom. The number of rotatable bonds is 2. The maximum absolute atomic E-state index is 10.9.